The van der Waals surface area contributed by atoms with Gasteiger partial charge in [0.2, 0.25) is 0 Å². The van der Waals surface area contributed by atoms with Gasteiger partial charge in [0, 0.05) is 17.1 Å². The number of hydrogen-bond acceptors (Lipinski definition) is 4. The van der Waals surface area contributed by atoms with E-state index in [1.165, 1.54) is 6.08 Å². The van der Waals surface area contributed by atoms with Crippen LogP contribution >= 0.6 is 11.6 Å². The predicted molar refractivity (Wildman–Crippen MR) is 122 cm³/mol. The number of nitriles is 1. The molecule has 0 aliphatic rings. The van der Waals surface area contributed by atoms with Gasteiger partial charge in [-0.3, -0.25) is 4.79 Å². The molecule has 0 unspecified atom stereocenters. The molecule has 0 heterocycles. The topological polar surface area (TPSA) is 71.3 Å². The highest BCUT2D eigenvalue weighted by molar-refractivity contribution is 6.31. The van der Waals surface area contributed by atoms with Gasteiger partial charge in [-0.1, -0.05) is 41.9 Å². The smallest absolute Gasteiger partial charge is 0.266 e. The third kappa shape index (κ3) is 5.65. The Balaban J connectivity index is 1.80. The molecule has 0 bridgehead atoms. The van der Waals surface area contributed by atoms with Gasteiger partial charge in [0.25, 0.3) is 5.91 Å². The van der Waals surface area contributed by atoms with Gasteiger partial charge in [-0.05, 0) is 59.2 Å². The first-order valence-electron chi connectivity index (χ1n) is 9.51. The van der Waals surface area contributed by atoms with Crippen molar-refractivity contribution in [3.63, 3.8) is 0 Å². The second-order valence-corrected chi connectivity index (χ2v) is 7.10. The molecule has 0 saturated carbocycles. The van der Waals surface area contributed by atoms with Crippen LogP contribution in [0.5, 0.6) is 11.5 Å². The molecule has 0 fully saturated rings. The zero-order valence-electron chi connectivity index (χ0n) is 17.2. The Morgan fingerprint density at radius 1 is 1.03 bits per heavy atom. The maximum Gasteiger partial charge on any atom is 0.266 e. The highest BCUT2D eigenvalue weighted by Crippen LogP contribution is 2.27. The molecule has 156 valence electrons. The number of benzene rings is 3. The van der Waals surface area contributed by atoms with E-state index in [0.29, 0.717) is 34.2 Å². The molecule has 0 atom stereocenters. The summed E-state index contributed by atoms with van der Waals surface area (Å²) in [6, 6.07) is 22.0. The number of ether oxygens (including phenoxy) is 2. The van der Waals surface area contributed by atoms with Crippen LogP contribution in [0.4, 0.5) is 5.69 Å². The number of anilines is 1. The number of nitrogens with one attached hydrogen (secondary N) is 1. The number of hydrogen-bond donors (Lipinski definition) is 1. The molecule has 6 heteroatoms. The third-order valence-corrected chi connectivity index (χ3v) is 5.04. The summed E-state index contributed by atoms with van der Waals surface area (Å²) >= 11 is 6.27. The van der Waals surface area contributed by atoms with E-state index in [2.05, 4.69) is 5.32 Å². The maximum atomic E-state index is 12.5. The summed E-state index contributed by atoms with van der Waals surface area (Å²) in [5, 5.41) is 12.9. The number of halogens is 1. The van der Waals surface area contributed by atoms with Crippen LogP contribution in [0.25, 0.3) is 6.08 Å². The van der Waals surface area contributed by atoms with Gasteiger partial charge >= 0.3 is 0 Å². The van der Waals surface area contributed by atoms with E-state index in [0.717, 1.165) is 11.1 Å². The fourth-order valence-electron chi connectivity index (χ4n) is 3.03. The van der Waals surface area contributed by atoms with Crippen molar-refractivity contribution in [3.05, 3.63) is 94.0 Å². The van der Waals surface area contributed by atoms with E-state index < -0.39 is 5.91 Å². The molecular weight excluding hydrogens is 412 g/mol. The summed E-state index contributed by atoms with van der Waals surface area (Å²) in [4.78, 5) is 12.5. The molecular formula is C25H21ClN2O3. The number of carbonyl (C=O) groups is 1. The molecule has 0 saturated heterocycles. The van der Waals surface area contributed by atoms with Gasteiger partial charge in [0.15, 0.2) is 0 Å². The fraction of sp³-hybridized carbons (Fsp3) is 0.120. The SMILES string of the molecule is COc1ccc(NC(=O)/C(C#N)=C/c2ccc(Cc3ccccc3Cl)c(OC)c2)cc1. The lowest BCUT2D eigenvalue weighted by atomic mass is 10.0. The molecule has 3 aromatic carbocycles. The largest absolute Gasteiger partial charge is 0.497 e. The summed E-state index contributed by atoms with van der Waals surface area (Å²) in [6.45, 7) is 0. The summed E-state index contributed by atoms with van der Waals surface area (Å²) in [5.41, 5.74) is 3.17. The lowest BCUT2D eigenvalue weighted by Crippen LogP contribution is -2.13. The highest BCUT2D eigenvalue weighted by Gasteiger charge is 2.12. The van der Waals surface area contributed by atoms with Crippen molar-refractivity contribution in [1.29, 1.82) is 5.26 Å². The first-order valence-corrected chi connectivity index (χ1v) is 9.89. The number of methoxy groups -OCH3 is 2. The maximum absolute atomic E-state index is 12.5. The Hall–Kier alpha value is -3.75. The van der Waals surface area contributed by atoms with Crippen LogP contribution < -0.4 is 14.8 Å². The van der Waals surface area contributed by atoms with Crippen molar-refractivity contribution in [2.75, 3.05) is 19.5 Å². The van der Waals surface area contributed by atoms with Crippen LogP contribution in [0.3, 0.4) is 0 Å². The predicted octanol–water partition coefficient (Wildman–Crippen LogP) is 5.49. The Bertz CT molecular complexity index is 1150. The molecule has 31 heavy (non-hydrogen) atoms. The molecule has 0 radical (unpaired) electrons. The standard InChI is InChI=1S/C25H21ClN2O3/c1-30-22-11-9-21(10-12-22)28-25(29)20(16-27)13-17-7-8-19(24(14-17)31-2)15-18-5-3-4-6-23(18)26/h3-14H,15H2,1-2H3,(H,28,29)/b20-13+. The van der Waals surface area contributed by atoms with Crippen molar-refractivity contribution >= 4 is 29.3 Å². The zero-order chi connectivity index (χ0) is 22.2. The molecule has 3 rings (SSSR count). The van der Waals surface area contributed by atoms with E-state index in [9.17, 15) is 10.1 Å². The van der Waals surface area contributed by atoms with E-state index >= 15 is 0 Å². The van der Waals surface area contributed by atoms with Crippen LogP contribution in [0.15, 0.2) is 72.3 Å². The average Bonchev–Trinajstić information content (AvgIpc) is 2.80. The van der Waals surface area contributed by atoms with Gasteiger partial charge in [0.05, 0.1) is 14.2 Å². The van der Waals surface area contributed by atoms with Gasteiger partial charge in [0.1, 0.15) is 23.1 Å². The second-order valence-electron chi connectivity index (χ2n) is 6.69. The normalized spacial score (nSPS) is 10.8. The van der Waals surface area contributed by atoms with Crippen LogP contribution in [0, 0.1) is 11.3 Å². The van der Waals surface area contributed by atoms with E-state index in [-0.39, 0.29) is 5.57 Å². The molecule has 1 amide bonds. The number of amides is 1. The van der Waals surface area contributed by atoms with Crippen LogP contribution in [0.1, 0.15) is 16.7 Å². The van der Waals surface area contributed by atoms with Crippen LogP contribution in [0.2, 0.25) is 5.02 Å². The summed E-state index contributed by atoms with van der Waals surface area (Å²) in [7, 11) is 3.15. The highest BCUT2D eigenvalue weighted by atomic mass is 35.5. The second kappa shape index (κ2) is 10.3. The lowest BCUT2D eigenvalue weighted by Gasteiger charge is -2.11. The van der Waals surface area contributed by atoms with Gasteiger partial charge in [-0.25, -0.2) is 0 Å². The Labute approximate surface area is 186 Å². The first-order chi connectivity index (χ1) is 15.0. The van der Waals surface area contributed by atoms with E-state index in [1.54, 1.807) is 44.6 Å². The van der Waals surface area contributed by atoms with Crippen LogP contribution in [-0.4, -0.2) is 20.1 Å². The van der Waals surface area contributed by atoms with Crippen molar-refractivity contribution in [3.8, 4) is 17.6 Å². The van der Waals surface area contributed by atoms with Gasteiger partial charge in [-0.15, -0.1) is 0 Å². The van der Waals surface area contributed by atoms with Gasteiger partial charge < -0.3 is 14.8 Å². The van der Waals surface area contributed by atoms with Crippen molar-refractivity contribution in [2.24, 2.45) is 0 Å². The minimum absolute atomic E-state index is 0.0169. The molecule has 5 nitrogen and oxygen atoms in total. The molecule has 1 N–H and O–H groups in total. The van der Waals surface area contributed by atoms with E-state index in [4.69, 9.17) is 21.1 Å². The van der Waals surface area contributed by atoms with Gasteiger partial charge in [-0.2, -0.15) is 5.26 Å². The van der Waals surface area contributed by atoms with E-state index in [1.807, 2.05) is 42.5 Å². The molecule has 0 aromatic heterocycles. The summed E-state index contributed by atoms with van der Waals surface area (Å²) < 4.78 is 10.6. The van der Waals surface area contributed by atoms with Crippen LogP contribution in [-0.2, 0) is 11.2 Å². The summed E-state index contributed by atoms with van der Waals surface area (Å²) in [6.07, 6.45) is 2.14. The number of rotatable bonds is 7. The van der Waals surface area contributed by atoms with Crippen molar-refractivity contribution in [2.45, 2.75) is 6.42 Å². The molecule has 0 aliphatic carbocycles. The van der Waals surface area contributed by atoms with Crippen molar-refractivity contribution in [1.82, 2.24) is 0 Å². The van der Waals surface area contributed by atoms with Crippen molar-refractivity contribution < 1.29 is 14.3 Å². The zero-order valence-corrected chi connectivity index (χ0v) is 17.9. The number of nitrogens with zero attached hydrogens (tertiary/aromatic N) is 1. The molecule has 3 aromatic rings. The number of carbonyl (C=O) groups excluding carboxylic acids is 1. The summed E-state index contributed by atoms with van der Waals surface area (Å²) in [5.74, 6) is 0.839. The minimum atomic E-state index is -0.494. The average molecular weight is 433 g/mol. The Morgan fingerprint density at radius 2 is 1.77 bits per heavy atom. The third-order valence-electron chi connectivity index (χ3n) is 4.67. The fourth-order valence-corrected chi connectivity index (χ4v) is 3.23. The first kappa shape index (κ1) is 21.9. The Morgan fingerprint density at radius 3 is 2.42 bits per heavy atom. The quantitative estimate of drug-likeness (QED) is 0.395. The monoisotopic (exact) mass is 432 g/mol. The Kier molecular flexibility index (Phi) is 7.31. The molecule has 0 spiro atoms. The minimum Gasteiger partial charge on any atom is -0.497 e. The lowest BCUT2D eigenvalue weighted by molar-refractivity contribution is -0.112. The molecule has 0 aliphatic heterocycles.